The number of aryl methyl sites for hydroxylation is 1. The molecule has 1 rings (SSSR count). The van der Waals surface area contributed by atoms with Crippen LogP contribution in [0.4, 0.5) is 5.82 Å². The smallest absolute Gasteiger partial charge is 0.358 e. The fourth-order valence-electron chi connectivity index (χ4n) is 0.932. The van der Waals surface area contributed by atoms with E-state index in [1.807, 2.05) is 13.8 Å². The van der Waals surface area contributed by atoms with Crippen LogP contribution in [0.15, 0.2) is 0 Å². The molecule has 0 bridgehead atoms. The maximum Gasteiger partial charge on any atom is 0.368 e. The first-order valence-corrected chi connectivity index (χ1v) is 3.60. The summed E-state index contributed by atoms with van der Waals surface area (Å²) in [5.74, 6) is -0.0231. The van der Waals surface area contributed by atoms with Gasteiger partial charge < -0.3 is 10.1 Å². The van der Waals surface area contributed by atoms with Crippen molar-refractivity contribution in [3.05, 3.63) is 15.8 Å². The van der Waals surface area contributed by atoms with E-state index >= 15 is 0 Å². The van der Waals surface area contributed by atoms with E-state index in [4.69, 9.17) is 0 Å². The Balaban J connectivity index is 3.21. The van der Waals surface area contributed by atoms with Crippen LogP contribution < -0.4 is 0 Å². The molecule has 0 aromatic carbocycles. The Hall–Kier alpha value is -1.46. The highest BCUT2D eigenvalue weighted by Crippen LogP contribution is 2.18. The van der Waals surface area contributed by atoms with Gasteiger partial charge in [-0.15, -0.1) is 9.78 Å². The maximum absolute atomic E-state index is 10.5. The lowest BCUT2D eigenvalue weighted by molar-refractivity contribution is -0.393. The molecular weight excluding hydrogens is 160 g/mol. The Morgan fingerprint density at radius 2 is 2.17 bits per heavy atom. The van der Waals surface area contributed by atoms with Gasteiger partial charge in [0.2, 0.25) is 0 Å². The van der Waals surface area contributed by atoms with E-state index in [0.717, 1.165) is 0 Å². The van der Waals surface area contributed by atoms with E-state index in [9.17, 15) is 10.1 Å². The first-order valence-electron chi connectivity index (χ1n) is 3.60. The van der Waals surface area contributed by atoms with Crippen LogP contribution in [0.1, 0.15) is 25.6 Å². The average molecular weight is 170 g/mol. The van der Waals surface area contributed by atoms with E-state index in [0.29, 0.717) is 5.69 Å². The molecule has 0 unspecified atom stereocenters. The molecule has 6 heteroatoms. The number of hydrogen-bond donors (Lipinski definition) is 0. The molecule has 0 fully saturated rings. The standard InChI is InChI=1S/C6H10N4O2/c1-4(2)9-6(10(11)12)5(3)7-8-9/h4H,1-3H3. The molecule has 66 valence electrons. The van der Waals surface area contributed by atoms with Crippen molar-refractivity contribution in [3.63, 3.8) is 0 Å². The highest BCUT2D eigenvalue weighted by Gasteiger charge is 2.22. The molecule has 0 atom stereocenters. The molecule has 0 spiro atoms. The number of nitro groups is 1. The summed E-state index contributed by atoms with van der Waals surface area (Å²) in [4.78, 5) is 10.0. The van der Waals surface area contributed by atoms with Gasteiger partial charge in [-0.25, -0.2) is 0 Å². The van der Waals surface area contributed by atoms with E-state index in [2.05, 4.69) is 10.3 Å². The molecule has 0 aliphatic carbocycles. The highest BCUT2D eigenvalue weighted by atomic mass is 16.6. The average Bonchev–Trinajstić information content (AvgIpc) is 2.30. The zero-order valence-corrected chi connectivity index (χ0v) is 7.18. The van der Waals surface area contributed by atoms with Crippen LogP contribution in [0, 0.1) is 17.0 Å². The van der Waals surface area contributed by atoms with Crippen LogP contribution in [0.25, 0.3) is 0 Å². The quantitative estimate of drug-likeness (QED) is 0.491. The second kappa shape index (κ2) is 2.88. The third-order valence-electron chi connectivity index (χ3n) is 1.49. The van der Waals surface area contributed by atoms with E-state index in [1.54, 1.807) is 6.92 Å². The van der Waals surface area contributed by atoms with Crippen molar-refractivity contribution in [1.82, 2.24) is 15.0 Å². The van der Waals surface area contributed by atoms with Crippen LogP contribution in [0.2, 0.25) is 0 Å². The Kier molecular flexibility index (Phi) is 2.07. The zero-order valence-electron chi connectivity index (χ0n) is 7.18. The fraction of sp³-hybridized carbons (Fsp3) is 0.667. The fourth-order valence-corrected chi connectivity index (χ4v) is 0.932. The van der Waals surface area contributed by atoms with Gasteiger partial charge in [0.05, 0.1) is 0 Å². The van der Waals surface area contributed by atoms with Gasteiger partial charge in [0.1, 0.15) is 6.04 Å². The van der Waals surface area contributed by atoms with Crippen LogP contribution in [-0.4, -0.2) is 19.9 Å². The lowest BCUT2D eigenvalue weighted by atomic mass is 10.4. The van der Waals surface area contributed by atoms with Crippen molar-refractivity contribution in [2.45, 2.75) is 26.8 Å². The summed E-state index contributed by atoms with van der Waals surface area (Å²) in [6.45, 7) is 5.21. The van der Waals surface area contributed by atoms with Crippen molar-refractivity contribution in [3.8, 4) is 0 Å². The molecule has 12 heavy (non-hydrogen) atoms. The SMILES string of the molecule is Cc1nnn(C(C)C)c1[N+](=O)[O-]. The minimum atomic E-state index is -0.463. The van der Waals surface area contributed by atoms with Gasteiger partial charge in [0.25, 0.3) is 0 Å². The maximum atomic E-state index is 10.5. The second-order valence-electron chi connectivity index (χ2n) is 2.79. The summed E-state index contributed by atoms with van der Waals surface area (Å²) in [7, 11) is 0. The van der Waals surface area contributed by atoms with Crippen LogP contribution in [-0.2, 0) is 0 Å². The Morgan fingerprint density at radius 1 is 1.58 bits per heavy atom. The molecule has 1 aromatic heterocycles. The number of nitrogens with zero attached hydrogens (tertiary/aromatic N) is 4. The topological polar surface area (TPSA) is 73.8 Å². The largest absolute Gasteiger partial charge is 0.368 e. The lowest BCUT2D eigenvalue weighted by Gasteiger charge is -2.00. The first-order chi connectivity index (χ1) is 5.54. The Bertz CT molecular complexity index is 304. The first kappa shape index (κ1) is 8.63. The molecule has 0 amide bonds. The molecular formula is C6H10N4O2. The van der Waals surface area contributed by atoms with Crippen LogP contribution in [0.3, 0.4) is 0 Å². The molecule has 0 N–H and O–H groups in total. The molecule has 0 saturated carbocycles. The summed E-state index contributed by atoms with van der Waals surface area (Å²) in [6.07, 6.45) is 0. The molecule has 0 aliphatic heterocycles. The molecule has 6 nitrogen and oxygen atoms in total. The van der Waals surface area contributed by atoms with Crippen molar-refractivity contribution in [2.75, 3.05) is 0 Å². The predicted octanol–water partition coefficient (Wildman–Crippen LogP) is 1.08. The molecule has 0 aliphatic rings. The number of hydrogen-bond acceptors (Lipinski definition) is 4. The van der Waals surface area contributed by atoms with Crippen molar-refractivity contribution >= 4 is 5.82 Å². The predicted molar refractivity (Wildman–Crippen MR) is 41.8 cm³/mol. The summed E-state index contributed by atoms with van der Waals surface area (Å²) < 4.78 is 1.30. The van der Waals surface area contributed by atoms with Gasteiger partial charge in [-0.1, -0.05) is 0 Å². The van der Waals surface area contributed by atoms with Crippen molar-refractivity contribution in [2.24, 2.45) is 0 Å². The van der Waals surface area contributed by atoms with Gasteiger partial charge >= 0.3 is 5.82 Å². The summed E-state index contributed by atoms with van der Waals surface area (Å²) in [5.41, 5.74) is 0.355. The molecule has 1 heterocycles. The zero-order chi connectivity index (χ0) is 9.30. The number of rotatable bonds is 2. The minimum absolute atomic E-state index is 0.0231. The molecule has 0 radical (unpaired) electrons. The van der Waals surface area contributed by atoms with Gasteiger partial charge in [-0.05, 0) is 25.7 Å². The van der Waals surface area contributed by atoms with Crippen LogP contribution in [0.5, 0.6) is 0 Å². The number of aromatic nitrogens is 3. The lowest BCUT2D eigenvalue weighted by Crippen LogP contribution is -2.07. The third kappa shape index (κ3) is 1.27. The third-order valence-corrected chi connectivity index (χ3v) is 1.49. The highest BCUT2D eigenvalue weighted by molar-refractivity contribution is 5.23. The van der Waals surface area contributed by atoms with E-state index in [1.165, 1.54) is 4.68 Å². The van der Waals surface area contributed by atoms with Gasteiger partial charge in [0, 0.05) is 5.21 Å². The Labute approximate surface area is 69.3 Å². The summed E-state index contributed by atoms with van der Waals surface area (Å²) in [5, 5.41) is 17.8. The minimum Gasteiger partial charge on any atom is -0.358 e. The summed E-state index contributed by atoms with van der Waals surface area (Å²) >= 11 is 0. The van der Waals surface area contributed by atoms with E-state index < -0.39 is 4.92 Å². The Morgan fingerprint density at radius 3 is 2.50 bits per heavy atom. The van der Waals surface area contributed by atoms with E-state index in [-0.39, 0.29) is 11.9 Å². The van der Waals surface area contributed by atoms with Gasteiger partial charge in [-0.2, -0.15) is 0 Å². The second-order valence-corrected chi connectivity index (χ2v) is 2.79. The normalized spacial score (nSPS) is 10.7. The monoisotopic (exact) mass is 170 g/mol. The summed E-state index contributed by atoms with van der Waals surface area (Å²) in [6, 6.07) is -0.0356. The molecule has 0 saturated heterocycles. The van der Waals surface area contributed by atoms with Crippen LogP contribution >= 0.6 is 0 Å². The van der Waals surface area contributed by atoms with Gasteiger partial charge in [-0.3, -0.25) is 0 Å². The van der Waals surface area contributed by atoms with Crippen molar-refractivity contribution < 1.29 is 4.92 Å². The molecule has 1 aromatic rings. The van der Waals surface area contributed by atoms with Gasteiger partial charge in [0.15, 0.2) is 5.69 Å². The van der Waals surface area contributed by atoms with Crippen molar-refractivity contribution in [1.29, 1.82) is 0 Å².